The van der Waals surface area contributed by atoms with Crippen molar-refractivity contribution in [2.45, 2.75) is 46.2 Å². The highest BCUT2D eigenvalue weighted by Crippen LogP contribution is 2.37. The number of halogens is 1. The van der Waals surface area contributed by atoms with Crippen LogP contribution in [0.1, 0.15) is 43.4 Å². The third kappa shape index (κ3) is 3.77. The maximum atomic E-state index is 14.4. The number of methoxy groups -OCH3 is 1. The summed E-state index contributed by atoms with van der Waals surface area (Å²) in [7, 11) is 1.54. The zero-order valence-electron chi connectivity index (χ0n) is 16.5. The van der Waals surface area contributed by atoms with E-state index in [1.165, 1.54) is 6.07 Å². The molecule has 1 aliphatic rings. The fourth-order valence-corrected chi connectivity index (χ4v) is 3.46. The van der Waals surface area contributed by atoms with Crippen LogP contribution < -0.4 is 4.74 Å². The Hall–Kier alpha value is -2.56. The Morgan fingerprint density at radius 1 is 1.26 bits per heavy atom. The number of rotatable bonds is 5. The van der Waals surface area contributed by atoms with Gasteiger partial charge in [0.15, 0.2) is 0 Å². The molecule has 0 spiro atoms. The number of ether oxygens (including phenoxy) is 2. The molecule has 5 heteroatoms. The molecule has 0 saturated carbocycles. The van der Waals surface area contributed by atoms with E-state index in [-0.39, 0.29) is 23.9 Å². The van der Waals surface area contributed by atoms with Gasteiger partial charge in [-0.3, -0.25) is 4.90 Å². The molecule has 0 aliphatic carbocycles. The highest BCUT2D eigenvalue weighted by Gasteiger charge is 2.30. The zero-order valence-corrected chi connectivity index (χ0v) is 16.5. The molecule has 1 heterocycles. The average Bonchev–Trinajstić information content (AvgIpc) is 2.93. The Balaban J connectivity index is 2.12. The third-order valence-corrected chi connectivity index (χ3v) is 5.05. The summed E-state index contributed by atoms with van der Waals surface area (Å²) in [6, 6.07) is 9.41. The van der Waals surface area contributed by atoms with Crippen LogP contribution in [0, 0.1) is 12.7 Å². The van der Waals surface area contributed by atoms with E-state index >= 15 is 0 Å². The first kappa shape index (κ1) is 19.2. The first-order chi connectivity index (χ1) is 12.8. The average molecular weight is 371 g/mol. The molecule has 3 rings (SSSR count). The van der Waals surface area contributed by atoms with Gasteiger partial charge in [0.1, 0.15) is 18.2 Å². The SMILES string of the molecule is COc1cc(F)c(C(C)C)cc1-c1ccc(C)cc1CN1C(=O)OCC1C. The Morgan fingerprint density at radius 2 is 2.00 bits per heavy atom. The Bertz CT molecular complexity index is 863. The van der Waals surface area contributed by atoms with Gasteiger partial charge in [0.25, 0.3) is 0 Å². The lowest BCUT2D eigenvalue weighted by atomic mass is 9.92. The van der Waals surface area contributed by atoms with Crippen molar-refractivity contribution < 1.29 is 18.7 Å². The molecule has 144 valence electrons. The lowest BCUT2D eigenvalue weighted by Gasteiger charge is -2.22. The van der Waals surface area contributed by atoms with Crippen molar-refractivity contribution in [2.24, 2.45) is 0 Å². The summed E-state index contributed by atoms with van der Waals surface area (Å²) < 4.78 is 25.0. The van der Waals surface area contributed by atoms with Crippen molar-refractivity contribution in [1.29, 1.82) is 0 Å². The van der Waals surface area contributed by atoms with Crippen LogP contribution in [0.3, 0.4) is 0 Å². The van der Waals surface area contributed by atoms with E-state index < -0.39 is 0 Å². The highest BCUT2D eigenvalue weighted by molar-refractivity contribution is 5.76. The fourth-order valence-electron chi connectivity index (χ4n) is 3.46. The van der Waals surface area contributed by atoms with Crippen molar-refractivity contribution >= 4 is 6.09 Å². The minimum absolute atomic E-state index is 0.0206. The third-order valence-electron chi connectivity index (χ3n) is 5.05. The number of nitrogens with zero attached hydrogens (tertiary/aromatic N) is 1. The molecular weight excluding hydrogens is 345 g/mol. The van der Waals surface area contributed by atoms with E-state index in [1.807, 2.05) is 45.9 Å². The van der Waals surface area contributed by atoms with Gasteiger partial charge in [-0.05, 0) is 42.5 Å². The summed E-state index contributed by atoms with van der Waals surface area (Å²) in [5, 5.41) is 0. The molecular formula is C22H26FNO3. The van der Waals surface area contributed by atoms with E-state index in [1.54, 1.807) is 12.0 Å². The minimum Gasteiger partial charge on any atom is -0.496 e. The van der Waals surface area contributed by atoms with Crippen molar-refractivity contribution in [2.75, 3.05) is 13.7 Å². The molecule has 1 atom stereocenters. The fraction of sp³-hybridized carbons (Fsp3) is 0.409. The summed E-state index contributed by atoms with van der Waals surface area (Å²) in [4.78, 5) is 13.8. The predicted octanol–water partition coefficient (Wildman–Crippen LogP) is 5.27. The molecule has 2 aromatic carbocycles. The molecule has 1 saturated heterocycles. The summed E-state index contributed by atoms with van der Waals surface area (Å²) in [5.74, 6) is 0.271. The molecule has 4 nitrogen and oxygen atoms in total. The Morgan fingerprint density at radius 3 is 2.59 bits per heavy atom. The number of hydrogen-bond acceptors (Lipinski definition) is 3. The molecule has 1 fully saturated rings. The summed E-state index contributed by atoms with van der Waals surface area (Å²) in [6.07, 6.45) is -0.302. The van der Waals surface area contributed by atoms with Crippen LogP contribution in [0.5, 0.6) is 5.75 Å². The second-order valence-electron chi connectivity index (χ2n) is 7.44. The van der Waals surface area contributed by atoms with Crippen LogP contribution in [-0.4, -0.2) is 30.8 Å². The second-order valence-corrected chi connectivity index (χ2v) is 7.44. The van der Waals surface area contributed by atoms with Crippen LogP contribution >= 0.6 is 0 Å². The van der Waals surface area contributed by atoms with Crippen molar-refractivity contribution in [3.8, 4) is 16.9 Å². The topological polar surface area (TPSA) is 38.8 Å². The highest BCUT2D eigenvalue weighted by atomic mass is 19.1. The molecule has 0 radical (unpaired) electrons. The molecule has 2 aromatic rings. The van der Waals surface area contributed by atoms with Gasteiger partial charge in [-0.15, -0.1) is 0 Å². The monoisotopic (exact) mass is 371 g/mol. The van der Waals surface area contributed by atoms with Gasteiger partial charge in [-0.2, -0.15) is 0 Å². The molecule has 1 aliphatic heterocycles. The zero-order chi connectivity index (χ0) is 19.7. The van der Waals surface area contributed by atoms with Crippen LogP contribution in [0.4, 0.5) is 9.18 Å². The number of aryl methyl sites for hydroxylation is 1. The van der Waals surface area contributed by atoms with Crippen molar-refractivity contribution in [1.82, 2.24) is 4.90 Å². The van der Waals surface area contributed by atoms with Crippen LogP contribution in [0.2, 0.25) is 0 Å². The predicted molar refractivity (Wildman–Crippen MR) is 104 cm³/mol. The standard InChI is InChI=1S/C22H26FNO3/c1-13(2)18-9-19(21(26-5)10-20(18)23)17-7-6-14(3)8-16(17)11-24-15(4)12-27-22(24)25/h6-10,13,15H,11-12H2,1-5H3. The number of hydrogen-bond donors (Lipinski definition) is 0. The normalized spacial score (nSPS) is 16.8. The Labute approximate surface area is 159 Å². The van der Waals surface area contributed by atoms with Gasteiger partial charge in [0.2, 0.25) is 0 Å². The van der Waals surface area contributed by atoms with Gasteiger partial charge in [0.05, 0.1) is 19.7 Å². The number of amides is 1. The lowest BCUT2D eigenvalue weighted by molar-refractivity contribution is 0.156. The van der Waals surface area contributed by atoms with Gasteiger partial charge in [-0.25, -0.2) is 9.18 Å². The molecule has 0 N–H and O–H groups in total. The molecule has 27 heavy (non-hydrogen) atoms. The van der Waals surface area contributed by atoms with Gasteiger partial charge in [0, 0.05) is 11.6 Å². The number of benzene rings is 2. The van der Waals surface area contributed by atoms with Crippen LogP contribution in [-0.2, 0) is 11.3 Å². The van der Waals surface area contributed by atoms with E-state index in [4.69, 9.17) is 9.47 Å². The van der Waals surface area contributed by atoms with Gasteiger partial charge in [-0.1, -0.05) is 37.6 Å². The molecule has 0 bridgehead atoms. The molecule has 0 aromatic heterocycles. The van der Waals surface area contributed by atoms with Crippen LogP contribution in [0.25, 0.3) is 11.1 Å². The van der Waals surface area contributed by atoms with Crippen molar-refractivity contribution in [3.05, 3.63) is 52.8 Å². The van der Waals surface area contributed by atoms with E-state index in [0.29, 0.717) is 24.5 Å². The number of carbonyl (C=O) groups excluding carboxylic acids is 1. The van der Waals surface area contributed by atoms with Gasteiger partial charge < -0.3 is 9.47 Å². The van der Waals surface area contributed by atoms with E-state index in [2.05, 4.69) is 6.07 Å². The maximum absolute atomic E-state index is 14.4. The smallest absolute Gasteiger partial charge is 0.410 e. The number of cyclic esters (lactones) is 1. The van der Waals surface area contributed by atoms with Gasteiger partial charge >= 0.3 is 6.09 Å². The summed E-state index contributed by atoms with van der Waals surface area (Å²) in [5.41, 5.74) is 4.50. The van der Waals surface area contributed by atoms with Crippen molar-refractivity contribution in [3.63, 3.8) is 0 Å². The second kappa shape index (κ2) is 7.59. The molecule has 1 unspecified atom stereocenters. The lowest BCUT2D eigenvalue weighted by Crippen LogP contribution is -2.30. The summed E-state index contributed by atoms with van der Waals surface area (Å²) in [6.45, 7) is 8.75. The van der Waals surface area contributed by atoms with E-state index in [9.17, 15) is 9.18 Å². The number of carbonyl (C=O) groups is 1. The van der Waals surface area contributed by atoms with Crippen LogP contribution in [0.15, 0.2) is 30.3 Å². The summed E-state index contributed by atoms with van der Waals surface area (Å²) >= 11 is 0. The van der Waals surface area contributed by atoms with E-state index in [0.717, 1.165) is 22.3 Å². The minimum atomic E-state index is -0.302. The first-order valence-corrected chi connectivity index (χ1v) is 9.22. The first-order valence-electron chi connectivity index (χ1n) is 9.22. The quantitative estimate of drug-likeness (QED) is 0.718. The largest absolute Gasteiger partial charge is 0.496 e. The molecule has 1 amide bonds. The Kier molecular flexibility index (Phi) is 5.40. The maximum Gasteiger partial charge on any atom is 0.410 e.